The third-order valence-corrected chi connectivity index (χ3v) is 2.49. The highest BCUT2D eigenvalue weighted by atomic mass is 19.4. The molecule has 0 bridgehead atoms. The molecular weight excluding hydrogens is 167 g/mol. The molecule has 1 fully saturated rings. The highest BCUT2D eigenvalue weighted by Crippen LogP contribution is 2.28. The van der Waals surface area contributed by atoms with Crippen LogP contribution in [0.15, 0.2) is 0 Å². The van der Waals surface area contributed by atoms with E-state index in [0.717, 1.165) is 6.42 Å². The largest absolute Gasteiger partial charge is 0.403 e. The van der Waals surface area contributed by atoms with E-state index in [4.69, 9.17) is 0 Å². The number of halogens is 3. The minimum atomic E-state index is -4.06. The lowest BCUT2D eigenvalue weighted by Crippen LogP contribution is -2.47. The van der Waals surface area contributed by atoms with Crippen molar-refractivity contribution in [3.63, 3.8) is 0 Å². The molecule has 0 saturated carbocycles. The Balaban J connectivity index is 2.36. The summed E-state index contributed by atoms with van der Waals surface area (Å²) in [7, 11) is 0. The molecule has 12 heavy (non-hydrogen) atoms. The molecule has 1 rings (SSSR count). The van der Waals surface area contributed by atoms with Gasteiger partial charge in [0.05, 0.1) is 0 Å². The van der Waals surface area contributed by atoms with Crippen molar-refractivity contribution in [2.24, 2.45) is 5.92 Å². The van der Waals surface area contributed by atoms with Crippen LogP contribution in [0.25, 0.3) is 0 Å². The van der Waals surface area contributed by atoms with Gasteiger partial charge in [-0.3, -0.25) is 0 Å². The Morgan fingerprint density at radius 3 is 2.33 bits per heavy atom. The Bertz CT molecular complexity index is 136. The topological polar surface area (TPSA) is 12.0 Å². The highest BCUT2D eigenvalue weighted by Gasteiger charge is 2.40. The van der Waals surface area contributed by atoms with E-state index in [1.165, 1.54) is 0 Å². The molecule has 1 heterocycles. The lowest BCUT2D eigenvalue weighted by molar-refractivity contribution is -0.162. The van der Waals surface area contributed by atoms with E-state index in [-0.39, 0.29) is 6.42 Å². The Hall–Kier alpha value is -0.250. The van der Waals surface area contributed by atoms with E-state index >= 15 is 0 Å². The summed E-state index contributed by atoms with van der Waals surface area (Å²) in [5, 5.41) is 2.54. The highest BCUT2D eigenvalue weighted by molar-refractivity contribution is 4.82. The van der Waals surface area contributed by atoms with Gasteiger partial charge in [-0.05, 0) is 25.3 Å². The van der Waals surface area contributed by atoms with Crippen LogP contribution in [0.3, 0.4) is 0 Å². The minimum Gasteiger partial charge on any atom is -0.306 e. The Kier molecular flexibility index (Phi) is 2.99. The molecular formula is C8H14F3N. The van der Waals surface area contributed by atoms with Crippen molar-refractivity contribution in [1.29, 1.82) is 0 Å². The molecule has 0 aromatic rings. The molecule has 0 aromatic heterocycles. The van der Waals surface area contributed by atoms with Gasteiger partial charge in [0.25, 0.3) is 0 Å². The molecule has 2 unspecified atom stereocenters. The van der Waals surface area contributed by atoms with Gasteiger partial charge in [0.2, 0.25) is 0 Å². The number of alkyl halides is 3. The van der Waals surface area contributed by atoms with Gasteiger partial charge in [0, 0.05) is 0 Å². The molecule has 1 aliphatic heterocycles. The first-order chi connectivity index (χ1) is 5.54. The summed E-state index contributed by atoms with van der Waals surface area (Å²) in [6.45, 7) is 2.53. The number of hydrogen-bond donors (Lipinski definition) is 1. The van der Waals surface area contributed by atoms with Crippen molar-refractivity contribution in [3.8, 4) is 0 Å². The van der Waals surface area contributed by atoms with Gasteiger partial charge in [-0.1, -0.05) is 13.3 Å². The molecule has 4 heteroatoms. The molecule has 1 N–H and O–H groups in total. The van der Waals surface area contributed by atoms with Crippen molar-refractivity contribution in [1.82, 2.24) is 5.32 Å². The number of piperidine rings is 1. The number of hydrogen-bond acceptors (Lipinski definition) is 1. The van der Waals surface area contributed by atoms with Gasteiger partial charge < -0.3 is 5.32 Å². The predicted molar refractivity (Wildman–Crippen MR) is 40.9 cm³/mol. The molecule has 1 aliphatic rings. The van der Waals surface area contributed by atoms with Gasteiger partial charge in [-0.25, -0.2) is 0 Å². The quantitative estimate of drug-likeness (QED) is 0.654. The van der Waals surface area contributed by atoms with Crippen LogP contribution in [-0.2, 0) is 0 Å². The minimum absolute atomic E-state index is 0.238. The standard InChI is InChI=1S/C8H14F3N/c1-2-6-3-4-7(12-5-6)8(9,10)11/h6-7,12H,2-5H2,1H3. The zero-order valence-corrected chi connectivity index (χ0v) is 7.12. The van der Waals surface area contributed by atoms with Crippen LogP contribution in [0, 0.1) is 5.92 Å². The number of rotatable bonds is 1. The van der Waals surface area contributed by atoms with Crippen LogP contribution in [0.5, 0.6) is 0 Å². The summed E-state index contributed by atoms with van der Waals surface area (Å²) >= 11 is 0. The molecule has 0 spiro atoms. The average Bonchev–Trinajstić information content (AvgIpc) is 2.03. The van der Waals surface area contributed by atoms with Gasteiger partial charge in [-0.2, -0.15) is 13.2 Å². The molecule has 0 aliphatic carbocycles. The van der Waals surface area contributed by atoms with Crippen LogP contribution < -0.4 is 5.32 Å². The molecule has 0 aromatic carbocycles. The van der Waals surface area contributed by atoms with Crippen LogP contribution in [-0.4, -0.2) is 18.8 Å². The van der Waals surface area contributed by atoms with E-state index in [2.05, 4.69) is 5.32 Å². The molecule has 0 radical (unpaired) electrons. The fraction of sp³-hybridized carbons (Fsp3) is 1.00. The first-order valence-electron chi connectivity index (χ1n) is 4.34. The van der Waals surface area contributed by atoms with E-state index in [0.29, 0.717) is 18.9 Å². The second-order valence-corrected chi connectivity index (χ2v) is 3.35. The van der Waals surface area contributed by atoms with Crippen molar-refractivity contribution >= 4 is 0 Å². The molecule has 1 saturated heterocycles. The fourth-order valence-electron chi connectivity index (χ4n) is 1.54. The SMILES string of the molecule is CCC1CCC(C(F)(F)F)NC1. The lowest BCUT2D eigenvalue weighted by Gasteiger charge is -2.30. The number of nitrogens with one attached hydrogen (secondary N) is 1. The first kappa shape index (κ1) is 9.84. The maximum absolute atomic E-state index is 12.1. The molecule has 1 nitrogen and oxygen atoms in total. The van der Waals surface area contributed by atoms with Crippen molar-refractivity contribution in [2.75, 3.05) is 6.54 Å². The van der Waals surface area contributed by atoms with Gasteiger partial charge in [-0.15, -0.1) is 0 Å². The Morgan fingerprint density at radius 1 is 1.33 bits per heavy atom. The average molecular weight is 181 g/mol. The third-order valence-electron chi connectivity index (χ3n) is 2.49. The second-order valence-electron chi connectivity index (χ2n) is 3.35. The summed E-state index contributed by atoms with van der Waals surface area (Å²) in [6.07, 6.45) is -2.15. The van der Waals surface area contributed by atoms with Crippen molar-refractivity contribution in [2.45, 2.75) is 38.4 Å². The third kappa shape index (κ3) is 2.37. The second kappa shape index (κ2) is 3.64. The van der Waals surface area contributed by atoms with Crippen LogP contribution >= 0.6 is 0 Å². The normalized spacial score (nSPS) is 32.0. The smallest absolute Gasteiger partial charge is 0.306 e. The van der Waals surface area contributed by atoms with Crippen molar-refractivity contribution < 1.29 is 13.2 Å². The summed E-state index contributed by atoms with van der Waals surface area (Å²) in [5.74, 6) is 0.434. The zero-order chi connectivity index (χ0) is 9.19. The van der Waals surface area contributed by atoms with Crippen LogP contribution in [0.2, 0.25) is 0 Å². The molecule has 2 atom stereocenters. The predicted octanol–water partition coefficient (Wildman–Crippen LogP) is 2.33. The molecule has 0 amide bonds. The summed E-state index contributed by atoms with van der Waals surface area (Å²) in [6, 6.07) is -1.26. The van der Waals surface area contributed by atoms with Gasteiger partial charge in [0.1, 0.15) is 6.04 Å². The first-order valence-corrected chi connectivity index (χ1v) is 4.34. The Morgan fingerprint density at radius 2 is 2.00 bits per heavy atom. The van der Waals surface area contributed by atoms with Crippen molar-refractivity contribution in [3.05, 3.63) is 0 Å². The van der Waals surface area contributed by atoms with Gasteiger partial charge >= 0.3 is 6.18 Å². The Labute approximate surface area is 70.3 Å². The summed E-state index contributed by atoms with van der Waals surface area (Å²) in [5.41, 5.74) is 0. The van der Waals surface area contributed by atoms with Crippen LogP contribution in [0.1, 0.15) is 26.2 Å². The fourth-order valence-corrected chi connectivity index (χ4v) is 1.54. The van der Waals surface area contributed by atoms with Crippen LogP contribution in [0.4, 0.5) is 13.2 Å². The van der Waals surface area contributed by atoms with E-state index in [1.54, 1.807) is 0 Å². The zero-order valence-electron chi connectivity index (χ0n) is 7.12. The molecule has 72 valence electrons. The monoisotopic (exact) mass is 181 g/mol. The van der Waals surface area contributed by atoms with E-state index in [1.807, 2.05) is 6.92 Å². The van der Waals surface area contributed by atoms with E-state index < -0.39 is 12.2 Å². The van der Waals surface area contributed by atoms with Gasteiger partial charge in [0.15, 0.2) is 0 Å². The maximum Gasteiger partial charge on any atom is 0.403 e. The summed E-state index contributed by atoms with van der Waals surface area (Å²) < 4.78 is 36.3. The summed E-state index contributed by atoms with van der Waals surface area (Å²) in [4.78, 5) is 0. The lowest BCUT2D eigenvalue weighted by atomic mass is 9.93. The van der Waals surface area contributed by atoms with E-state index in [9.17, 15) is 13.2 Å². The maximum atomic E-state index is 12.1.